The van der Waals surface area contributed by atoms with Crippen molar-refractivity contribution in [3.63, 3.8) is 0 Å². The van der Waals surface area contributed by atoms with Crippen LogP contribution in [0.3, 0.4) is 0 Å². The Bertz CT molecular complexity index is 1090. The van der Waals surface area contributed by atoms with Crippen molar-refractivity contribution in [1.29, 1.82) is 0 Å². The van der Waals surface area contributed by atoms with E-state index in [-0.39, 0.29) is 29.9 Å². The molecule has 1 aliphatic carbocycles. The van der Waals surface area contributed by atoms with Crippen LogP contribution in [0.2, 0.25) is 0 Å². The zero-order chi connectivity index (χ0) is 24.0. The molecule has 7 nitrogen and oxygen atoms in total. The SMILES string of the molecule is CCCC(=O)N1CCC2(CC1)CN(C(=O)CC1CC1)[C@H](CO)c1c2c2ccc(OC)cc2n1C. The quantitative estimate of drug-likeness (QED) is 0.705. The van der Waals surface area contributed by atoms with E-state index in [1.807, 2.05) is 35.9 Å². The van der Waals surface area contributed by atoms with E-state index in [4.69, 9.17) is 4.74 Å². The van der Waals surface area contributed by atoms with Crippen LogP contribution in [-0.4, -0.2) is 64.6 Å². The molecular weight excluding hydrogens is 430 g/mol. The summed E-state index contributed by atoms with van der Waals surface area (Å²) in [5.41, 5.74) is 3.12. The Morgan fingerprint density at radius 1 is 1.18 bits per heavy atom. The zero-order valence-corrected chi connectivity index (χ0v) is 20.7. The summed E-state index contributed by atoms with van der Waals surface area (Å²) in [7, 11) is 3.70. The van der Waals surface area contributed by atoms with Crippen LogP contribution in [0.25, 0.3) is 10.9 Å². The maximum absolute atomic E-state index is 13.5. The lowest BCUT2D eigenvalue weighted by molar-refractivity contribution is -0.139. The van der Waals surface area contributed by atoms with Crippen molar-refractivity contribution in [3.05, 3.63) is 29.5 Å². The average Bonchev–Trinajstić information content (AvgIpc) is 3.62. The number of piperidine rings is 1. The van der Waals surface area contributed by atoms with E-state index in [0.717, 1.165) is 49.1 Å². The fraction of sp³-hybridized carbons (Fsp3) is 0.630. The molecule has 3 heterocycles. The summed E-state index contributed by atoms with van der Waals surface area (Å²) in [6.45, 7) is 3.97. The minimum absolute atomic E-state index is 0.0953. The van der Waals surface area contributed by atoms with Crippen molar-refractivity contribution in [3.8, 4) is 5.75 Å². The van der Waals surface area contributed by atoms with Gasteiger partial charge in [-0.25, -0.2) is 0 Å². The summed E-state index contributed by atoms with van der Waals surface area (Å²) in [5, 5.41) is 11.7. The lowest BCUT2D eigenvalue weighted by Crippen LogP contribution is -2.56. The number of carbonyl (C=O) groups is 2. The molecule has 1 atom stereocenters. The third kappa shape index (κ3) is 3.78. The number of methoxy groups -OCH3 is 1. The van der Waals surface area contributed by atoms with E-state index in [1.165, 1.54) is 10.9 Å². The van der Waals surface area contributed by atoms with Crippen molar-refractivity contribution in [2.45, 2.75) is 63.3 Å². The van der Waals surface area contributed by atoms with Gasteiger partial charge in [-0.05, 0) is 55.7 Å². The second kappa shape index (κ2) is 8.91. The molecule has 0 radical (unpaired) electrons. The number of hydrogen-bond donors (Lipinski definition) is 1. The molecular formula is C27H37N3O4. The van der Waals surface area contributed by atoms with Crippen molar-refractivity contribution < 1.29 is 19.4 Å². The van der Waals surface area contributed by atoms with Gasteiger partial charge < -0.3 is 24.2 Å². The van der Waals surface area contributed by atoms with Crippen LogP contribution >= 0.6 is 0 Å². The van der Waals surface area contributed by atoms with Crippen LogP contribution in [0.4, 0.5) is 0 Å². The molecule has 7 heteroatoms. The topological polar surface area (TPSA) is 75.0 Å². The van der Waals surface area contributed by atoms with Gasteiger partial charge >= 0.3 is 0 Å². The fourth-order valence-electron chi connectivity index (χ4n) is 6.27. The number of aromatic nitrogens is 1. The van der Waals surface area contributed by atoms with Crippen LogP contribution in [0, 0.1) is 5.92 Å². The van der Waals surface area contributed by atoms with Gasteiger partial charge in [-0.1, -0.05) is 6.92 Å². The third-order valence-electron chi connectivity index (χ3n) is 8.34. The molecule has 0 unspecified atom stereocenters. The number of amides is 2. The first-order chi connectivity index (χ1) is 16.4. The number of carbonyl (C=O) groups excluding carboxylic acids is 2. The Morgan fingerprint density at radius 2 is 1.91 bits per heavy atom. The number of ether oxygens (including phenoxy) is 1. The van der Waals surface area contributed by atoms with Gasteiger partial charge in [0.2, 0.25) is 11.8 Å². The highest BCUT2D eigenvalue weighted by molar-refractivity contribution is 5.90. The van der Waals surface area contributed by atoms with Crippen LogP contribution in [0.5, 0.6) is 5.75 Å². The van der Waals surface area contributed by atoms with Crippen LogP contribution in [0.15, 0.2) is 18.2 Å². The molecule has 2 fully saturated rings. The molecule has 1 aromatic carbocycles. The van der Waals surface area contributed by atoms with Gasteiger partial charge in [-0.2, -0.15) is 0 Å². The monoisotopic (exact) mass is 467 g/mol. The first-order valence-corrected chi connectivity index (χ1v) is 12.8. The average molecular weight is 468 g/mol. The van der Waals surface area contributed by atoms with Crippen molar-refractivity contribution >= 4 is 22.7 Å². The Balaban J connectivity index is 1.60. The van der Waals surface area contributed by atoms with E-state index in [0.29, 0.717) is 38.4 Å². The first kappa shape index (κ1) is 23.2. The lowest BCUT2D eigenvalue weighted by atomic mass is 9.68. The number of aryl methyl sites for hydroxylation is 1. The minimum atomic E-state index is -0.352. The van der Waals surface area contributed by atoms with Crippen LogP contribution in [0.1, 0.15) is 69.2 Å². The summed E-state index contributed by atoms with van der Waals surface area (Å²) in [4.78, 5) is 30.0. The van der Waals surface area contributed by atoms with Crippen molar-refractivity contribution in [2.24, 2.45) is 13.0 Å². The molecule has 2 amide bonds. The normalized spacial score (nSPS) is 21.7. The maximum Gasteiger partial charge on any atom is 0.223 e. The molecule has 3 aliphatic rings. The molecule has 2 aromatic rings. The van der Waals surface area contributed by atoms with Crippen molar-refractivity contribution in [1.82, 2.24) is 14.4 Å². The van der Waals surface area contributed by atoms with E-state index in [2.05, 4.69) is 10.6 Å². The lowest BCUT2D eigenvalue weighted by Gasteiger charge is -2.50. The second-order valence-corrected chi connectivity index (χ2v) is 10.5. The molecule has 1 spiro atoms. The summed E-state index contributed by atoms with van der Waals surface area (Å²) in [6.07, 6.45) is 5.92. The van der Waals surface area contributed by atoms with E-state index in [1.54, 1.807) is 7.11 Å². The number of rotatable bonds is 6. The van der Waals surface area contributed by atoms with Gasteiger partial charge in [-0.15, -0.1) is 0 Å². The molecule has 1 saturated heterocycles. The molecule has 34 heavy (non-hydrogen) atoms. The zero-order valence-electron chi connectivity index (χ0n) is 20.7. The van der Waals surface area contributed by atoms with Crippen molar-refractivity contribution in [2.75, 3.05) is 33.4 Å². The summed E-state index contributed by atoms with van der Waals surface area (Å²) >= 11 is 0. The number of aliphatic hydroxyl groups excluding tert-OH is 1. The summed E-state index contributed by atoms with van der Waals surface area (Å²) in [5.74, 6) is 1.67. The molecule has 5 rings (SSSR count). The molecule has 1 saturated carbocycles. The Labute approximate surface area is 201 Å². The number of likely N-dealkylation sites (tertiary alicyclic amines) is 1. The standard InChI is InChI=1S/C27H37N3O4/c1-4-5-23(32)29-12-10-27(11-13-29)17-30(24(33)14-18-6-7-18)22(16-31)26-25(27)20-9-8-19(34-3)15-21(20)28(26)2/h8-9,15,18,22,31H,4-7,10-14,16-17H2,1-3H3/t22-/m1/s1. The largest absolute Gasteiger partial charge is 0.497 e. The molecule has 1 N–H and O–H groups in total. The Morgan fingerprint density at radius 3 is 2.53 bits per heavy atom. The minimum Gasteiger partial charge on any atom is -0.497 e. The molecule has 2 aliphatic heterocycles. The van der Waals surface area contributed by atoms with Gasteiger partial charge in [0.25, 0.3) is 0 Å². The smallest absolute Gasteiger partial charge is 0.223 e. The van der Waals surface area contributed by atoms with Gasteiger partial charge in [0, 0.05) is 62.1 Å². The second-order valence-electron chi connectivity index (χ2n) is 10.5. The highest BCUT2D eigenvalue weighted by atomic mass is 16.5. The summed E-state index contributed by atoms with van der Waals surface area (Å²) < 4.78 is 7.66. The maximum atomic E-state index is 13.5. The summed E-state index contributed by atoms with van der Waals surface area (Å²) in [6, 6.07) is 5.82. The van der Waals surface area contributed by atoms with E-state index >= 15 is 0 Å². The van der Waals surface area contributed by atoms with E-state index < -0.39 is 0 Å². The number of fused-ring (bicyclic) bond motifs is 4. The highest BCUT2D eigenvalue weighted by Gasteiger charge is 2.50. The van der Waals surface area contributed by atoms with Gasteiger partial charge in [0.1, 0.15) is 5.75 Å². The molecule has 1 aromatic heterocycles. The van der Waals surface area contributed by atoms with Gasteiger partial charge in [-0.3, -0.25) is 9.59 Å². The van der Waals surface area contributed by atoms with E-state index in [9.17, 15) is 14.7 Å². The fourth-order valence-corrected chi connectivity index (χ4v) is 6.27. The molecule has 184 valence electrons. The van der Waals surface area contributed by atoms with Gasteiger partial charge in [0.15, 0.2) is 0 Å². The Kier molecular flexibility index (Phi) is 6.09. The predicted octanol–water partition coefficient (Wildman–Crippen LogP) is 3.52. The van der Waals surface area contributed by atoms with Crippen LogP contribution < -0.4 is 4.74 Å². The number of nitrogens with zero attached hydrogens (tertiary/aromatic N) is 3. The van der Waals surface area contributed by atoms with Crippen LogP contribution in [-0.2, 0) is 22.1 Å². The highest BCUT2D eigenvalue weighted by Crippen LogP contribution is 2.50. The number of benzene rings is 1. The number of aliphatic hydroxyl groups is 1. The first-order valence-electron chi connectivity index (χ1n) is 12.8. The van der Waals surface area contributed by atoms with Gasteiger partial charge in [0.05, 0.1) is 25.3 Å². The third-order valence-corrected chi connectivity index (χ3v) is 8.34. The number of hydrogen-bond acceptors (Lipinski definition) is 4. The molecule has 0 bridgehead atoms. The predicted molar refractivity (Wildman–Crippen MR) is 131 cm³/mol. The Hall–Kier alpha value is -2.54.